The van der Waals surface area contributed by atoms with E-state index in [1.54, 1.807) is 6.92 Å². The zero-order valence-electron chi connectivity index (χ0n) is 12.6. The smallest absolute Gasteiger partial charge is 0.256 e. The van der Waals surface area contributed by atoms with Gasteiger partial charge >= 0.3 is 0 Å². The fourth-order valence-corrected chi connectivity index (χ4v) is 3.39. The first-order chi connectivity index (χ1) is 10.6. The molecule has 2 heterocycles. The van der Waals surface area contributed by atoms with E-state index in [9.17, 15) is 4.79 Å². The van der Waals surface area contributed by atoms with Gasteiger partial charge in [-0.2, -0.15) is 4.37 Å². The van der Waals surface area contributed by atoms with Crippen LogP contribution in [0.3, 0.4) is 0 Å². The van der Waals surface area contributed by atoms with Gasteiger partial charge in [0.2, 0.25) is 0 Å². The molecule has 1 aliphatic rings. The van der Waals surface area contributed by atoms with E-state index in [-0.39, 0.29) is 5.91 Å². The van der Waals surface area contributed by atoms with Gasteiger partial charge in [-0.1, -0.05) is 12.1 Å². The Labute approximate surface area is 134 Å². The van der Waals surface area contributed by atoms with Crippen molar-refractivity contribution in [1.82, 2.24) is 9.69 Å². The van der Waals surface area contributed by atoms with E-state index in [0.29, 0.717) is 22.8 Å². The van der Waals surface area contributed by atoms with Crippen molar-refractivity contribution in [2.45, 2.75) is 26.3 Å². The van der Waals surface area contributed by atoms with Gasteiger partial charge in [-0.15, -0.1) is 0 Å². The molecule has 1 aliphatic heterocycles. The molecule has 1 aromatic carbocycles. The Kier molecular flexibility index (Phi) is 4.29. The molecule has 0 bridgehead atoms. The van der Waals surface area contributed by atoms with E-state index in [1.807, 2.05) is 0 Å². The minimum Gasteiger partial charge on any atom is -0.389 e. The van der Waals surface area contributed by atoms with Crippen molar-refractivity contribution in [3.8, 4) is 0 Å². The zero-order valence-corrected chi connectivity index (χ0v) is 13.4. The van der Waals surface area contributed by atoms with E-state index in [0.717, 1.165) is 30.2 Å². The van der Waals surface area contributed by atoms with Gasteiger partial charge in [0.1, 0.15) is 5.00 Å². The Morgan fingerprint density at radius 1 is 1.32 bits per heavy atom. The Morgan fingerprint density at radius 3 is 2.59 bits per heavy atom. The van der Waals surface area contributed by atoms with Crippen LogP contribution in [0.15, 0.2) is 24.3 Å². The Hall–Kier alpha value is -2.08. The molecular weight excluding hydrogens is 296 g/mol. The molecule has 0 aliphatic carbocycles. The van der Waals surface area contributed by atoms with Crippen molar-refractivity contribution in [1.29, 1.82) is 0 Å². The summed E-state index contributed by atoms with van der Waals surface area (Å²) in [5, 5.41) is 3.38. The summed E-state index contributed by atoms with van der Waals surface area (Å²) in [5.74, 6) is -0.160. The summed E-state index contributed by atoms with van der Waals surface area (Å²) in [6.45, 7) is 4.57. The summed E-state index contributed by atoms with van der Waals surface area (Å²) in [5.41, 5.74) is 9.31. The first-order valence-electron chi connectivity index (χ1n) is 7.49. The second kappa shape index (κ2) is 6.36. The first-order valence-corrected chi connectivity index (χ1v) is 8.26. The lowest BCUT2D eigenvalue weighted by atomic mass is 10.2. The van der Waals surface area contributed by atoms with E-state index in [2.05, 4.69) is 38.9 Å². The molecule has 0 atom stereocenters. The van der Waals surface area contributed by atoms with Crippen molar-refractivity contribution >= 4 is 28.1 Å². The highest BCUT2D eigenvalue weighted by Crippen LogP contribution is 2.22. The van der Waals surface area contributed by atoms with E-state index in [4.69, 9.17) is 5.73 Å². The largest absolute Gasteiger partial charge is 0.389 e. The van der Waals surface area contributed by atoms with Crippen molar-refractivity contribution < 1.29 is 4.79 Å². The highest BCUT2D eigenvalue weighted by molar-refractivity contribution is 7.10. The van der Waals surface area contributed by atoms with Crippen LogP contribution < -0.4 is 16.0 Å². The number of hydrogen-bond donors (Lipinski definition) is 2. The number of benzene rings is 1. The summed E-state index contributed by atoms with van der Waals surface area (Å²) in [7, 11) is 0. The van der Waals surface area contributed by atoms with Crippen molar-refractivity contribution in [2.75, 3.05) is 23.7 Å². The molecule has 1 saturated heterocycles. The lowest BCUT2D eigenvalue weighted by Crippen LogP contribution is -2.24. The normalized spacial score (nSPS) is 14.3. The number of hydrogen-bond acceptors (Lipinski definition) is 5. The number of aromatic nitrogens is 1. The maximum absolute atomic E-state index is 12.2. The molecule has 2 aromatic rings. The van der Waals surface area contributed by atoms with Gasteiger partial charge in [0.15, 0.2) is 0 Å². The average Bonchev–Trinajstić information content (AvgIpc) is 3.16. The summed E-state index contributed by atoms with van der Waals surface area (Å²) < 4.78 is 4.10. The Morgan fingerprint density at radius 2 is 2.00 bits per heavy atom. The van der Waals surface area contributed by atoms with Crippen LogP contribution in [0, 0.1) is 6.92 Å². The molecule has 0 unspecified atom stereocenters. The molecule has 1 aromatic heterocycles. The highest BCUT2D eigenvalue weighted by atomic mass is 32.1. The number of nitrogens with two attached hydrogens (primary N) is 1. The molecule has 6 heteroatoms. The number of amides is 1. The molecular formula is C16H20N4OS. The lowest BCUT2D eigenvalue weighted by molar-refractivity contribution is 0.0951. The Balaban J connectivity index is 1.60. The number of nitrogens with zero attached hydrogens (tertiary/aromatic N) is 2. The second-order valence-corrected chi connectivity index (χ2v) is 6.36. The molecule has 1 amide bonds. The number of aryl methyl sites for hydroxylation is 1. The minimum atomic E-state index is -0.160. The fraction of sp³-hybridized carbons (Fsp3) is 0.375. The maximum atomic E-state index is 12.2. The molecule has 5 nitrogen and oxygen atoms in total. The fourth-order valence-electron chi connectivity index (χ4n) is 2.73. The summed E-state index contributed by atoms with van der Waals surface area (Å²) in [4.78, 5) is 14.6. The number of nitrogen functional groups attached to an aromatic ring is 1. The van der Waals surface area contributed by atoms with Crippen LogP contribution in [-0.4, -0.2) is 23.4 Å². The third kappa shape index (κ3) is 3.06. The van der Waals surface area contributed by atoms with Crippen LogP contribution in [-0.2, 0) is 6.54 Å². The van der Waals surface area contributed by atoms with Gasteiger partial charge in [0, 0.05) is 25.3 Å². The van der Waals surface area contributed by atoms with Crippen molar-refractivity contribution in [3.05, 3.63) is 41.1 Å². The number of carbonyl (C=O) groups excluding carboxylic acids is 1. The topological polar surface area (TPSA) is 71.2 Å². The molecule has 116 valence electrons. The van der Waals surface area contributed by atoms with Crippen LogP contribution >= 0.6 is 11.5 Å². The third-order valence-corrected chi connectivity index (χ3v) is 4.74. The molecule has 0 saturated carbocycles. The molecule has 22 heavy (non-hydrogen) atoms. The van der Waals surface area contributed by atoms with Gasteiger partial charge in [-0.3, -0.25) is 4.79 Å². The second-order valence-electron chi connectivity index (χ2n) is 5.55. The number of rotatable bonds is 4. The van der Waals surface area contributed by atoms with Crippen molar-refractivity contribution in [3.63, 3.8) is 0 Å². The molecule has 3 rings (SSSR count). The monoisotopic (exact) mass is 316 g/mol. The van der Waals surface area contributed by atoms with Gasteiger partial charge in [0.25, 0.3) is 5.91 Å². The van der Waals surface area contributed by atoms with Gasteiger partial charge in [-0.25, -0.2) is 0 Å². The third-order valence-electron chi connectivity index (χ3n) is 3.98. The van der Waals surface area contributed by atoms with Crippen LogP contribution in [0.4, 0.5) is 10.7 Å². The molecule has 1 fully saturated rings. The van der Waals surface area contributed by atoms with Crippen LogP contribution in [0.5, 0.6) is 0 Å². The summed E-state index contributed by atoms with van der Waals surface area (Å²) in [6.07, 6.45) is 2.54. The quantitative estimate of drug-likeness (QED) is 0.909. The van der Waals surface area contributed by atoms with Gasteiger partial charge in [-0.05, 0) is 49.0 Å². The predicted octanol–water partition coefficient (Wildman–Crippen LogP) is 2.56. The average molecular weight is 316 g/mol. The minimum absolute atomic E-state index is 0.160. The highest BCUT2D eigenvalue weighted by Gasteiger charge is 2.16. The standard InChI is InChI=1S/C16H20N4OS/c1-11-14(15(17)22-19-11)16(21)18-10-12-4-6-13(7-5-12)20-8-2-3-9-20/h4-7H,2-3,8-10,17H2,1H3,(H,18,21). The van der Waals surface area contributed by atoms with Crippen LogP contribution in [0.25, 0.3) is 0 Å². The summed E-state index contributed by atoms with van der Waals surface area (Å²) in [6, 6.07) is 8.38. The lowest BCUT2D eigenvalue weighted by Gasteiger charge is -2.17. The number of carbonyl (C=O) groups is 1. The number of nitrogens with one attached hydrogen (secondary N) is 1. The SMILES string of the molecule is Cc1nsc(N)c1C(=O)NCc1ccc(N2CCCC2)cc1. The molecule has 0 spiro atoms. The van der Waals surface area contributed by atoms with Crippen LogP contribution in [0.2, 0.25) is 0 Å². The van der Waals surface area contributed by atoms with Crippen molar-refractivity contribution in [2.24, 2.45) is 0 Å². The summed E-state index contributed by atoms with van der Waals surface area (Å²) >= 11 is 1.16. The van der Waals surface area contributed by atoms with Gasteiger partial charge in [0.05, 0.1) is 11.3 Å². The van der Waals surface area contributed by atoms with E-state index >= 15 is 0 Å². The zero-order chi connectivity index (χ0) is 15.5. The maximum Gasteiger partial charge on any atom is 0.256 e. The predicted molar refractivity (Wildman–Crippen MR) is 90.3 cm³/mol. The van der Waals surface area contributed by atoms with Crippen LogP contribution in [0.1, 0.15) is 34.5 Å². The van der Waals surface area contributed by atoms with E-state index in [1.165, 1.54) is 18.5 Å². The first kappa shape index (κ1) is 14.8. The Bertz CT molecular complexity index is 640. The molecule has 3 N–H and O–H groups in total. The van der Waals surface area contributed by atoms with E-state index < -0.39 is 0 Å². The number of anilines is 2. The molecule has 0 radical (unpaired) electrons. The van der Waals surface area contributed by atoms with Gasteiger partial charge < -0.3 is 16.0 Å².